The van der Waals surface area contributed by atoms with E-state index in [1.54, 1.807) is 49.0 Å². The van der Waals surface area contributed by atoms with Gasteiger partial charge in [0.25, 0.3) is 5.91 Å². The third-order valence-electron chi connectivity index (χ3n) is 4.63. The van der Waals surface area contributed by atoms with Crippen molar-refractivity contribution >= 4 is 34.7 Å². The second-order valence-corrected chi connectivity index (χ2v) is 8.31. The number of carbonyl (C=O) groups excluding carboxylic acids is 1. The lowest BCUT2D eigenvalue weighted by Crippen LogP contribution is -2.28. The molecule has 0 N–H and O–H groups in total. The fourth-order valence-electron chi connectivity index (χ4n) is 3.20. The molecule has 2 aromatic heterocycles. The summed E-state index contributed by atoms with van der Waals surface area (Å²) in [7, 11) is 3.20. The average Bonchev–Trinajstić information content (AvgIpc) is 3.48. The minimum atomic E-state index is -0.216. The van der Waals surface area contributed by atoms with Crippen molar-refractivity contribution < 1.29 is 14.3 Å². The Morgan fingerprint density at radius 2 is 1.97 bits per heavy atom. The van der Waals surface area contributed by atoms with Gasteiger partial charge in [-0.3, -0.25) is 4.79 Å². The van der Waals surface area contributed by atoms with Gasteiger partial charge in [-0.25, -0.2) is 15.0 Å². The lowest BCUT2D eigenvalue weighted by atomic mass is 10.0. The lowest BCUT2D eigenvalue weighted by Gasteiger charge is -2.22. The van der Waals surface area contributed by atoms with Crippen LogP contribution in [0.25, 0.3) is 0 Å². The zero-order chi connectivity index (χ0) is 20.9. The number of hydrogen-bond donors (Lipinski definition) is 0. The van der Waals surface area contributed by atoms with Crippen LogP contribution in [0, 0.1) is 0 Å². The molecule has 0 saturated carbocycles. The number of thiophene rings is 1. The van der Waals surface area contributed by atoms with E-state index in [4.69, 9.17) is 9.47 Å². The van der Waals surface area contributed by atoms with E-state index in [0.29, 0.717) is 23.1 Å². The van der Waals surface area contributed by atoms with Crippen molar-refractivity contribution in [2.45, 2.75) is 17.6 Å². The van der Waals surface area contributed by atoms with E-state index in [2.05, 4.69) is 15.1 Å². The topological polar surface area (TPSA) is 76.9 Å². The molecular formula is C21H20N4O3S2. The number of rotatable bonds is 7. The Labute approximate surface area is 182 Å². The number of carbonyl (C=O) groups is 1. The van der Waals surface area contributed by atoms with E-state index in [1.165, 1.54) is 11.8 Å². The van der Waals surface area contributed by atoms with E-state index in [-0.39, 0.29) is 17.7 Å². The fraction of sp³-hybridized carbons (Fsp3) is 0.238. The third kappa shape index (κ3) is 4.31. The highest BCUT2D eigenvalue weighted by Gasteiger charge is 2.34. The van der Waals surface area contributed by atoms with Crippen LogP contribution in [0.3, 0.4) is 0 Å². The summed E-state index contributed by atoms with van der Waals surface area (Å²) in [6, 6.07) is 11.3. The van der Waals surface area contributed by atoms with Crippen LogP contribution < -0.4 is 9.47 Å². The molecule has 3 aromatic rings. The molecule has 0 spiro atoms. The molecule has 3 heterocycles. The maximum Gasteiger partial charge on any atom is 0.253 e. The summed E-state index contributed by atoms with van der Waals surface area (Å²) in [5, 5.41) is 8.83. The van der Waals surface area contributed by atoms with Crippen molar-refractivity contribution in [2.24, 2.45) is 5.10 Å². The van der Waals surface area contributed by atoms with Gasteiger partial charge >= 0.3 is 0 Å². The lowest BCUT2D eigenvalue weighted by molar-refractivity contribution is -0.130. The van der Waals surface area contributed by atoms with E-state index in [0.717, 1.165) is 16.2 Å². The molecule has 0 aliphatic carbocycles. The Balaban J connectivity index is 1.60. The first-order chi connectivity index (χ1) is 14.7. The Bertz CT molecular complexity index is 1040. The van der Waals surface area contributed by atoms with Gasteiger partial charge in [-0.05, 0) is 35.2 Å². The smallest absolute Gasteiger partial charge is 0.253 e. The normalized spacial score (nSPS) is 15.7. The summed E-state index contributed by atoms with van der Waals surface area (Å²) >= 11 is 2.92. The highest BCUT2D eigenvalue weighted by molar-refractivity contribution is 7.99. The molecule has 1 atom stereocenters. The number of thioether (sulfide) groups is 1. The molecular weight excluding hydrogens is 420 g/mol. The molecule has 1 aromatic carbocycles. The summed E-state index contributed by atoms with van der Waals surface area (Å²) in [5.74, 6) is 1.38. The molecule has 1 aliphatic heterocycles. The summed E-state index contributed by atoms with van der Waals surface area (Å²) in [5.41, 5.74) is 1.84. The van der Waals surface area contributed by atoms with Crippen LogP contribution in [0.2, 0.25) is 0 Å². The van der Waals surface area contributed by atoms with Crippen LogP contribution in [-0.2, 0) is 4.79 Å². The SMILES string of the molecule is COc1ccc([C@H]2CC(c3cccs3)=NN2C(=O)CSc2ncccn2)cc1OC. The molecule has 1 aliphatic rings. The van der Waals surface area contributed by atoms with Crippen molar-refractivity contribution in [3.63, 3.8) is 0 Å². The number of aromatic nitrogens is 2. The Morgan fingerprint density at radius 1 is 1.17 bits per heavy atom. The van der Waals surface area contributed by atoms with E-state index >= 15 is 0 Å². The number of methoxy groups -OCH3 is 2. The Kier molecular flexibility index (Phi) is 6.29. The van der Waals surface area contributed by atoms with Crippen LogP contribution in [0.4, 0.5) is 0 Å². The first-order valence-corrected chi connectivity index (χ1v) is 11.1. The van der Waals surface area contributed by atoms with Gasteiger partial charge in [0.05, 0.1) is 36.6 Å². The highest BCUT2D eigenvalue weighted by atomic mass is 32.2. The second kappa shape index (κ2) is 9.27. The number of ether oxygens (including phenoxy) is 2. The predicted molar refractivity (Wildman–Crippen MR) is 117 cm³/mol. The highest BCUT2D eigenvalue weighted by Crippen LogP contribution is 2.38. The van der Waals surface area contributed by atoms with Gasteiger partial charge in [-0.1, -0.05) is 23.9 Å². The van der Waals surface area contributed by atoms with Crippen molar-refractivity contribution in [1.29, 1.82) is 0 Å². The zero-order valence-corrected chi connectivity index (χ0v) is 18.2. The van der Waals surface area contributed by atoms with Crippen molar-refractivity contribution in [3.8, 4) is 11.5 Å². The van der Waals surface area contributed by atoms with Crippen LogP contribution >= 0.6 is 23.1 Å². The zero-order valence-electron chi connectivity index (χ0n) is 16.5. The minimum absolute atomic E-state index is 0.0983. The van der Waals surface area contributed by atoms with E-state index < -0.39 is 0 Å². The van der Waals surface area contributed by atoms with Crippen molar-refractivity contribution in [1.82, 2.24) is 15.0 Å². The molecule has 30 heavy (non-hydrogen) atoms. The first-order valence-electron chi connectivity index (χ1n) is 9.24. The van der Waals surface area contributed by atoms with E-state index in [1.807, 2.05) is 35.7 Å². The van der Waals surface area contributed by atoms with Crippen LogP contribution in [0.5, 0.6) is 11.5 Å². The fourth-order valence-corrected chi connectivity index (χ4v) is 4.58. The van der Waals surface area contributed by atoms with Gasteiger partial charge in [0, 0.05) is 18.8 Å². The second-order valence-electron chi connectivity index (χ2n) is 6.42. The molecule has 0 unspecified atom stereocenters. The van der Waals surface area contributed by atoms with Gasteiger partial charge in [-0.2, -0.15) is 5.10 Å². The molecule has 0 saturated heterocycles. The summed E-state index contributed by atoms with van der Waals surface area (Å²) < 4.78 is 10.8. The van der Waals surface area contributed by atoms with Crippen LogP contribution in [-0.4, -0.2) is 46.6 Å². The van der Waals surface area contributed by atoms with Gasteiger partial charge < -0.3 is 9.47 Å². The largest absolute Gasteiger partial charge is 0.493 e. The number of hydrazone groups is 1. The van der Waals surface area contributed by atoms with Gasteiger partial charge in [-0.15, -0.1) is 11.3 Å². The number of benzene rings is 1. The summed E-state index contributed by atoms with van der Waals surface area (Å²) in [4.78, 5) is 22.5. The maximum absolute atomic E-state index is 13.1. The molecule has 1 amide bonds. The van der Waals surface area contributed by atoms with Crippen LogP contribution in [0.15, 0.2) is 64.4 Å². The molecule has 0 radical (unpaired) electrons. The third-order valence-corrected chi connectivity index (χ3v) is 6.41. The number of hydrogen-bond acceptors (Lipinski definition) is 8. The Morgan fingerprint density at radius 3 is 2.67 bits per heavy atom. The predicted octanol–water partition coefficient (Wildman–Crippen LogP) is 4.03. The Hall–Kier alpha value is -2.91. The monoisotopic (exact) mass is 440 g/mol. The van der Waals surface area contributed by atoms with E-state index in [9.17, 15) is 4.79 Å². The molecule has 154 valence electrons. The standard InChI is InChI=1S/C21H20N4O3S2/c1-27-17-7-6-14(11-18(17)28-2)16-12-15(19-5-3-10-29-19)24-25(16)20(26)13-30-21-22-8-4-9-23-21/h3-11,16H,12-13H2,1-2H3/t16-/m1/s1. The maximum atomic E-state index is 13.1. The molecule has 0 bridgehead atoms. The van der Waals surface area contributed by atoms with Gasteiger partial charge in [0.1, 0.15) is 0 Å². The quantitative estimate of drug-likeness (QED) is 0.408. The van der Waals surface area contributed by atoms with Crippen molar-refractivity contribution in [2.75, 3.05) is 20.0 Å². The number of nitrogens with zero attached hydrogens (tertiary/aromatic N) is 4. The first kappa shape index (κ1) is 20.4. The molecule has 0 fully saturated rings. The number of amides is 1. The summed E-state index contributed by atoms with van der Waals surface area (Å²) in [6.45, 7) is 0. The van der Waals surface area contributed by atoms with Gasteiger partial charge in [0.2, 0.25) is 0 Å². The van der Waals surface area contributed by atoms with Crippen molar-refractivity contribution in [3.05, 3.63) is 64.6 Å². The molecule has 4 rings (SSSR count). The summed E-state index contributed by atoms with van der Waals surface area (Å²) in [6.07, 6.45) is 3.96. The van der Waals surface area contributed by atoms with Gasteiger partial charge in [0.15, 0.2) is 16.7 Å². The molecule has 7 nitrogen and oxygen atoms in total. The minimum Gasteiger partial charge on any atom is -0.493 e. The molecule has 9 heteroatoms. The van der Waals surface area contributed by atoms with Crippen LogP contribution in [0.1, 0.15) is 22.9 Å². The average molecular weight is 441 g/mol.